The normalized spacial score (nSPS) is 15.8. The summed E-state index contributed by atoms with van der Waals surface area (Å²) in [4.78, 5) is 11.4. The molecule has 0 heterocycles. The second-order valence-corrected chi connectivity index (χ2v) is 7.11. The summed E-state index contributed by atoms with van der Waals surface area (Å²) >= 11 is 0. The average Bonchev–Trinajstić information content (AvgIpc) is 2.21. The van der Waals surface area contributed by atoms with Crippen molar-refractivity contribution in [1.82, 2.24) is 0 Å². The Hall–Kier alpha value is -0.180. The van der Waals surface area contributed by atoms with E-state index in [1.54, 1.807) is 20.4 Å². The molecule has 4 nitrogen and oxygen atoms in total. The van der Waals surface area contributed by atoms with Gasteiger partial charge in [-0.25, -0.2) is 0 Å². The lowest BCUT2D eigenvalue weighted by Crippen LogP contribution is -2.26. The molecule has 0 N–H and O–H groups in total. The Balaban J connectivity index is 4.32. The van der Waals surface area contributed by atoms with Crippen molar-refractivity contribution in [3.05, 3.63) is 0 Å². The maximum Gasteiger partial charge on any atom is 0.197 e. The van der Waals surface area contributed by atoms with Crippen LogP contribution in [0, 0.1) is 5.92 Å². The fraction of sp³-hybridized carbons (Fsp3) is 0.909. The van der Waals surface area contributed by atoms with Crippen molar-refractivity contribution in [3.63, 3.8) is 0 Å². The summed E-state index contributed by atoms with van der Waals surface area (Å²) in [6, 6.07) is 0. The van der Waals surface area contributed by atoms with Crippen LogP contribution in [0.3, 0.4) is 0 Å². The fourth-order valence-corrected chi connectivity index (χ4v) is 1.82. The third-order valence-corrected chi connectivity index (χ3v) is 3.29. The van der Waals surface area contributed by atoms with E-state index in [-0.39, 0.29) is 17.8 Å². The smallest absolute Gasteiger partial charge is 0.197 e. The van der Waals surface area contributed by atoms with Crippen molar-refractivity contribution in [3.8, 4) is 0 Å². The van der Waals surface area contributed by atoms with Crippen molar-refractivity contribution >= 4 is 13.2 Å². The van der Waals surface area contributed by atoms with Crippen LogP contribution in [0.2, 0.25) is 0 Å². The molecule has 0 aromatic heterocycles. The summed E-state index contributed by atoms with van der Waals surface area (Å²) in [5.74, 6) is 0.158. The van der Waals surface area contributed by atoms with E-state index in [1.807, 2.05) is 13.8 Å². The van der Waals surface area contributed by atoms with E-state index >= 15 is 0 Å². The zero-order valence-electron chi connectivity index (χ0n) is 10.9. The third-order valence-electron chi connectivity index (χ3n) is 2.52. The van der Waals surface area contributed by atoms with Crippen LogP contribution in [-0.2, 0) is 18.6 Å². The molecule has 96 valence electrons. The summed E-state index contributed by atoms with van der Waals surface area (Å²) in [5.41, 5.74) is 0. The molecule has 16 heavy (non-hydrogen) atoms. The van der Waals surface area contributed by atoms with E-state index in [0.717, 1.165) is 0 Å². The Morgan fingerprint density at radius 2 is 1.94 bits per heavy atom. The number of Topliss-reactive ketones (excluding diaryl/α,β-unsaturated/α-hetero) is 1. The van der Waals surface area contributed by atoms with Crippen molar-refractivity contribution in [1.29, 1.82) is 0 Å². The number of ether oxygens (including phenoxy) is 1. The van der Waals surface area contributed by atoms with E-state index in [1.165, 1.54) is 0 Å². The minimum Gasteiger partial charge on any atom is -0.381 e. The second-order valence-electron chi connectivity index (χ2n) is 4.35. The Morgan fingerprint density at radius 3 is 2.31 bits per heavy atom. The van der Waals surface area contributed by atoms with Gasteiger partial charge in [0.05, 0.1) is 12.7 Å². The highest BCUT2D eigenvalue weighted by atomic mass is 31.2. The van der Waals surface area contributed by atoms with Crippen molar-refractivity contribution in [2.45, 2.75) is 32.8 Å². The molecule has 2 atom stereocenters. The van der Waals surface area contributed by atoms with Gasteiger partial charge in [-0.05, 0) is 6.92 Å². The summed E-state index contributed by atoms with van der Waals surface area (Å²) in [5, 5.41) is 0. The largest absolute Gasteiger partial charge is 0.381 e. The molecular weight excluding hydrogens is 227 g/mol. The second kappa shape index (κ2) is 7.21. The van der Waals surface area contributed by atoms with Gasteiger partial charge in [-0.3, -0.25) is 9.36 Å². The van der Waals surface area contributed by atoms with Gasteiger partial charge in [0.25, 0.3) is 0 Å². The van der Waals surface area contributed by atoms with Crippen molar-refractivity contribution in [2.24, 2.45) is 5.92 Å². The first-order valence-electron chi connectivity index (χ1n) is 5.54. The van der Waals surface area contributed by atoms with E-state index in [2.05, 4.69) is 0 Å². The third kappa shape index (κ3) is 7.15. The number of ketones is 1. The summed E-state index contributed by atoms with van der Waals surface area (Å²) in [6.45, 7) is 7.19. The number of carbonyl (C=O) groups is 1. The SMILES string of the molecule is CCC(=O)C[C@H](COP(C)(C)=O)[C@@H](C)OC. The van der Waals surface area contributed by atoms with Crippen LogP contribution in [0.4, 0.5) is 0 Å². The first-order chi connectivity index (χ1) is 7.30. The molecule has 0 aliphatic heterocycles. The minimum absolute atomic E-state index is 0.0225. The van der Waals surface area contributed by atoms with Crippen LogP contribution in [-0.4, -0.2) is 38.9 Å². The van der Waals surface area contributed by atoms with Gasteiger partial charge in [-0.1, -0.05) is 6.92 Å². The molecule has 0 bridgehead atoms. The Kier molecular flexibility index (Phi) is 7.12. The summed E-state index contributed by atoms with van der Waals surface area (Å²) in [7, 11) is -0.886. The van der Waals surface area contributed by atoms with Crippen LogP contribution >= 0.6 is 7.37 Å². The number of carbonyl (C=O) groups excluding carboxylic acids is 1. The van der Waals surface area contributed by atoms with Crippen LogP contribution < -0.4 is 0 Å². The lowest BCUT2D eigenvalue weighted by Gasteiger charge is -2.23. The molecule has 0 aliphatic rings. The Morgan fingerprint density at radius 1 is 1.38 bits per heavy atom. The molecule has 0 rings (SSSR count). The lowest BCUT2D eigenvalue weighted by atomic mass is 9.97. The predicted molar refractivity (Wildman–Crippen MR) is 65.3 cm³/mol. The number of methoxy groups -OCH3 is 1. The molecule has 0 unspecified atom stereocenters. The van der Waals surface area contributed by atoms with E-state index in [4.69, 9.17) is 9.26 Å². The molecule has 0 aliphatic carbocycles. The minimum atomic E-state index is -2.49. The first kappa shape index (κ1) is 15.8. The molecule has 0 fully saturated rings. The van der Waals surface area contributed by atoms with Gasteiger partial charge in [0.15, 0.2) is 7.37 Å². The van der Waals surface area contributed by atoms with E-state index in [9.17, 15) is 9.36 Å². The molecule has 0 aromatic rings. The van der Waals surface area contributed by atoms with Gasteiger partial charge < -0.3 is 9.26 Å². The zero-order valence-corrected chi connectivity index (χ0v) is 11.8. The van der Waals surface area contributed by atoms with Gasteiger partial charge in [0.1, 0.15) is 5.78 Å². The standard InChI is InChI=1S/C11H23O4P/c1-6-11(12)7-10(9(2)14-3)8-15-16(4,5)13/h9-10H,6-8H2,1-5H3/t9-,10-/m1/s1. The van der Waals surface area contributed by atoms with Gasteiger partial charge in [0.2, 0.25) is 0 Å². The van der Waals surface area contributed by atoms with Crippen molar-refractivity contribution < 1.29 is 18.6 Å². The van der Waals surface area contributed by atoms with Crippen LogP contribution in [0.5, 0.6) is 0 Å². The lowest BCUT2D eigenvalue weighted by molar-refractivity contribution is -0.121. The van der Waals surface area contributed by atoms with Crippen molar-refractivity contribution in [2.75, 3.05) is 27.0 Å². The maximum absolute atomic E-state index is 11.4. The highest BCUT2D eigenvalue weighted by Crippen LogP contribution is 2.38. The maximum atomic E-state index is 11.4. The molecule has 5 heteroatoms. The molecule has 0 spiro atoms. The van der Waals surface area contributed by atoms with Crippen LogP contribution in [0.25, 0.3) is 0 Å². The highest BCUT2D eigenvalue weighted by Gasteiger charge is 2.22. The zero-order chi connectivity index (χ0) is 12.8. The van der Waals surface area contributed by atoms with Crippen LogP contribution in [0.1, 0.15) is 26.7 Å². The molecule has 0 aromatic carbocycles. The molecule has 0 saturated heterocycles. The Labute approximate surface area is 98.2 Å². The monoisotopic (exact) mass is 250 g/mol. The predicted octanol–water partition coefficient (Wildman–Crippen LogP) is 2.56. The topological polar surface area (TPSA) is 52.6 Å². The number of hydrogen-bond acceptors (Lipinski definition) is 4. The molecule has 0 amide bonds. The van der Waals surface area contributed by atoms with Gasteiger partial charge >= 0.3 is 0 Å². The Bertz CT molecular complexity index is 259. The van der Waals surface area contributed by atoms with E-state index in [0.29, 0.717) is 19.4 Å². The highest BCUT2D eigenvalue weighted by molar-refractivity contribution is 7.57. The molecular formula is C11H23O4P. The average molecular weight is 250 g/mol. The van der Waals surface area contributed by atoms with E-state index < -0.39 is 7.37 Å². The van der Waals surface area contributed by atoms with Gasteiger partial charge in [-0.2, -0.15) is 0 Å². The molecule has 0 saturated carbocycles. The van der Waals surface area contributed by atoms with Gasteiger partial charge in [-0.15, -0.1) is 0 Å². The molecule has 0 radical (unpaired) electrons. The quantitative estimate of drug-likeness (QED) is 0.621. The number of rotatable bonds is 8. The fourth-order valence-electron chi connectivity index (χ4n) is 1.26. The number of hydrogen-bond donors (Lipinski definition) is 0. The van der Waals surface area contributed by atoms with Crippen LogP contribution in [0.15, 0.2) is 0 Å². The summed E-state index contributed by atoms with van der Waals surface area (Å²) in [6.07, 6.45) is 0.871. The van der Waals surface area contributed by atoms with Gasteiger partial charge in [0, 0.05) is 39.2 Å². The summed E-state index contributed by atoms with van der Waals surface area (Å²) < 4.78 is 21.9. The first-order valence-corrected chi connectivity index (χ1v) is 8.06.